The van der Waals surface area contributed by atoms with Crippen molar-refractivity contribution in [1.82, 2.24) is 14.5 Å². The number of para-hydroxylation sites is 2. The summed E-state index contributed by atoms with van der Waals surface area (Å²) < 4.78 is 8.30. The third kappa shape index (κ3) is 3.24. The van der Waals surface area contributed by atoms with Crippen molar-refractivity contribution < 1.29 is 9.53 Å². The van der Waals surface area contributed by atoms with Gasteiger partial charge in [0.1, 0.15) is 12.3 Å². The highest BCUT2D eigenvalue weighted by atomic mass is 16.5. The van der Waals surface area contributed by atoms with Gasteiger partial charge in [-0.15, -0.1) is 0 Å². The number of benzene rings is 3. The number of methoxy groups -OCH3 is 1. The van der Waals surface area contributed by atoms with Crippen LogP contribution in [0.4, 0.5) is 0 Å². The fourth-order valence-corrected chi connectivity index (χ4v) is 3.43. The first-order valence-electron chi connectivity index (χ1n) is 9.04. The highest BCUT2D eigenvalue weighted by Crippen LogP contribution is 2.21. The molecule has 0 radical (unpaired) electrons. The zero-order chi connectivity index (χ0) is 19.7. The molecule has 0 spiro atoms. The van der Waals surface area contributed by atoms with E-state index in [4.69, 9.17) is 4.74 Å². The van der Waals surface area contributed by atoms with Crippen LogP contribution in [0.3, 0.4) is 0 Å². The molecule has 3 aromatic carbocycles. The molecule has 0 aliphatic rings. The zero-order valence-electron chi connectivity index (χ0n) is 15.8. The summed E-state index contributed by atoms with van der Waals surface area (Å²) >= 11 is 0. The third-order valence-electron chi connectivity index (χ3n) is 4.95. The van der Waals surface area contributed by atoms with E-state index in [1.807, 2.05) is 60.7 Å². The van der Waals surface area contributed by atoms with E-state index >= 15 is 0 Å². The lowest BCUT2D eigenvalue weighted by Crippen LogP contribution is -2.32. The number of carbonyl (C=O) groups is 1. The van der Waals surface area contributed by atoms with Crippen molar-refractivity contribution in [3.05, 3.63) is 76.7 Å². The number of hydrogen-bond acceptors (Lipinski definition) is 3. The van der Waals surface area contributed by atoms with E-state index in [9.17, 15) is 9.59 Å². The van der Waals surface area contributed by atoms with Crippen LogP contribution in [0.25, 0.3) is 21.8 Å². The number of aryl methyl sites for hydroxylation is 1. The molecule has 28 heavy (non-hydrogen) atoms. The topological polar surface area (TPSA) is 65.3 Å². The molecular formula is C22H21N3O3. The normalized spacial score (nSPS) is 11.1. The Labute approximate surface area is 162 Å². The van der Waals surface area contributed by atoms with Gasteiger partial charge in [0, 0.05) is 13.6 Å². The van der Waals surface area contributed by atoms with Crippen molar-refractivity contribution in [2.75, 3.05) is 7.11 Å². The largest absolute Gasteiger partial charge is 0.497 e. The molecule has 0 atom stereocenters. The number of imidazole rings is 1. The van der Waals surface area contributed by atoms with Crippen molar-refractivity contribution in [3.63, 3.8) is 0 Å². The van der Waals surface area contributed by atoms with Gasteiger partial charge < -0.3 is 10.1 Å². The molecule has 4 aromatic rings. The van der Waals surface area contributed by atoms with Gasteiger partial charge in [0.2, 0.25) is 5.91 Å². The number of fused-ring (bicyclic) bond motifs is 2. The van der Waals surface area contributed by atoms with Crippen molar-refractivity contribution in [1.29, 1.82) is 0 Å². The van der Waals surface area contributed by atoms with E-state index in [1.54, 1.807) is 18.7 Å². The van der Waals surface area contributed by atoms with Crippen molar-refractivity contribution in [3.8, 4) is 5.75 Å². The molecule has 1 amide bonds. The first kappa shape index (κ1) is 17.9. The first-order valence-corrected chi connectivity index (χ1v) is 9.04. The molecule has 1 N–H and O–H groups in total. The molecule has 0 unspecified atom stereocenters. The van der Waals surface area contributed by atoms with Crippen LogP contribution in [0.2, 0.25) is 0 Å². The highest BCUT2D eigenvalue weighted by Gasteiger charge is 2.13. The summed E-state index contributed by atoms with van der Waals surface area (Å²) in [5.74, 6) is 0.613. The lowest BCUT2D eigenvalue weighted by atomic mass is 10.1. The molecule has 0 saturated carbocycles. The van der Waals surface area contributed by atoms with Crippen LogP contribution in [0.15, 0.2) is 65.5 Å². The fourth-order valence-electron chi connectivity index (χ4n) is 3.43. The van der Waals surface area contributed by atoms with Crippen LogP contribution < -0.4 is 15.7 Å². The second-order valence-electron chi connectivity index (χ2n) is 6.74. The van der Waals surface area contributed by atoms with Crippen molar-refractivity contribution in [2.45, 2.75) is 13.1 Å². The number of rotatable bonds is 5. The van der Waals surface area contributed by atoms with E-state index in [-0.39, 0.29) is 18.1 Å². The Kier molecular flexibility index (Phi) is 4.61. The maximum absolute atomic E-state index is 12.4. The second-order valence-corrected chi connectivity index (χ2v) is 6.74. The minimum atomic E-state index is -0.201. The SMILES string of the molecule is COc1ccc2cc(CNC(=O)Cn3c(=O)n(C)c4ccccc43)ccc2c1. The summed E-state index contributed by atoms with van der Waals surface area (Å²) in [7, 11) is 3.36. The fraction of sp³-hybridized carbons (Fsp3) is 0.182. The summed E-state index contributed by atoms with van der Waals surface area (Å²) in [6.45, 7) is 0.394. The van der Waals surface area contributed by atoms with Gasteiger partial charge in [-0.05, 0) is 46.7 Å². The first-order chi connectivity index (χ1) is 13.6. The zero-order valence-corrected chi connectivity index (χ0v) is 15.8. The third-order valence-corrected chi connectivity index (χ3v) is 4.95. The van der Waals surface area contributed by atoms with Gasteiger partial charge in [0.15, 0.2) is 0 Å². The maximum Gasteiger partial charge on any atom is 0.329 e. The predicted molar refractivity (Wildman–Crippen MR) is 110 cm³/mol. The van der Waals surface area contributed by atoms with E-state index in [1.165, 1.54) is 4.57 Å². The standard InChI is InChI=1S/C22H21N3O3/c1-24-19-5-3-4-6-20(19)25(22(24)27)14-21(26)23-13-15-7-8-17-12-18(28-2)10-9-16(17)11-15/h3-12H,13-14H2,1-2H3,(H,23,26). The Morgan fingerprint density at radius 2 is 1.71 bits per heavy atom. The van der Waals surface area contributed by atoms with Crippen LogP contribution >= 0.6 is 0 Å². The molecule has 6 heteroatoms. The average molecular weight is 375 g/mol. The van der Waals surface area contributed by atoms with Gasteiger partial charge in [0.05, 0.1) is 18.1 Å². The minimum absolute atomic E-state index is 0.00896. The molecule has 0 fully saturated rings. The Balaban J connectivity index is 1.49. The summed E-state index contributed by atoms with van der Waals surface area (Å²) in [6.07, 6.45) is 0. The molecular weight excluding hydrogens is 354 g/mol. The number of nitrogens with zero attached hydrogens (tertiary/aromatic N) is 2. The summed E-state index contributed by atoms with van der Waals surface area (Å²) in [4.78, 5) is 24.9. The number of nitrogens with one attached hydrogen (secondary N) is 1. The lowest BCUT2D eigenvalue weighted by molar-refractivity contribution is -0.121. The van der Waals surface area contributed by atoms with Gasteiger partial charge in [0.25, 0.3) is 0 Å². The van der Waals surface area contributed by atoms with Crippen LogP contribution in [0.5, 0.6) is 5.75 Å². The number of aromatic nitrogens is 2. The number of carbonyl (C=O) groups excluding carboxylic acids is 1. The Bertz CT molecular complexity index is 1240. The molecule has 6 nitrogen and oxygen atoms in total. The van der Waals surface area contributed by atoms with Gasteiger partial charge >= 0.3 is 5.69 Å². The summed E-state index contributed by atoms with van der Waals surface area (Å²) in [5.41, 5.74) is 2.36. The molecule has 0 aliphatic heterocycles. The van der Waals surface area contributed by atoms with Crippen molar-refractivity contribution in [2.24, 2.45) is 7.05 Å². The summed E-state index contributed by atoms with van der Waals surface area (Å²) in [5, 5.41) is 5.06. The van der Waals surface area contributed by atoms with Gasteiger partial charge in [-0.25, -0.2) is 4.79 Å². The van der Waals surface area contributed by atoms with Crippen LogP contribution in [-0.2, 0) is 24.9 Å². The Morgan fingerprint density at radius 3 is 2.50 bits per heavy atom. The quantitative estimate of drug-likeness (QED) is 0.583. The van der Waals surface area contributed by atoms with Gasteiger partial charge in [-0.1, -0.05) is 30.3 Å². The van der Waals surface area contributed by atoms with Gasteiger partial charge in [-0.3, -0.25) is 13.9 Å². The van der Waals surface area contributed by atoms with E-state index in [0.29, 0.717) is 6.54 Å². The minimum Gasteiger partial charge on any atom is -0.497 e. The molecule has 142 valence electrons. The highest BCUT2D eigenvalue weighted by molar-refractivity contribution is 5.85. The van der Waals surface area contributed by atoms with Crippen molar-refractivity contribution >= 4 is 27.7 Å². The van der Waals surface area contributed by atoms with Gasteiger partial charge in [-0.2, -0.15) is 0 Å². The van der Waals surface area contributed by atoms with E-state index in [2.05, 4.69) is 5.32 Å². The Morgan fingerprint density at radius 1 is 1.00 bits per heavy atom. The van der Waals surface area contributed by atoms with Crippen LogP contribution in [-0.4, -0.2) is 22.2 Å². The van der Waals surface area contributed by atoms with E-state index < -0.39 is 0 Å². The molecule has 4 rings (SSSR count). The molecule has 1 heterocycles. The smallest absolute Gasteiger partial charge is 0.329 e. The monoisotopic (exact) mass is 375 g/mol. The molecule has 0 aliphatic carbocycles. The number of hydrogen-bond donors (Lipinski definition) is 1. The predicted octanol–water partition coefficient (Wildman–Crippen LogP) is 2.82. The number of amides is 1. The molecule has 1 aromatic heterocycles. The maximum atomic E-state index is 12.4. The van der Waals surface area contributed by atoms with E-state index in [0.717, 1.165) is 33.1 Å². The van der Waals surface area contributed by atoms with Crippen LogP contribution in [0.1, 0.15) is 5.56 Å². The molecule has 0 saturated heterocycles. The van der Waals surface area contributed by atoms with Crippen LogP contribution in [0, 0.1) is 0 Å². The molecule has 0 bridgehead atoms. The summed E-state index contributed by atoms with van der Waals surface area (Å²) in [6, 6.07) is 19.4. The Hall–Kier alpha value is -3.54. The average Bonchev–Trinajstić information content (AvgIpc) is 2.97. The lowest BCUT2D eigenvalue weighted by Gasteiger charge is -2.08. The second kappa shape index (κ2) is 7.23. The number of ether oxygens (including phenoxy) is 1.